The molecule has 0 aromatic rings. The van der Waals surface area contributed by atoms with Crippen LogP contribution in [0.1, 0.15) is 33.1 Å². The van der Waals surface area contributed by atoms with Crippen molar-refractivity contribution in [2.45, 2.75) is 38.7 Å². The molecule has 1 fully saturated rings. The van der Waals surface area contributed by atoms with Gasteiger partial charge in [0.1, 0.15) is 0 Å². The number of rotatable bonds is 2. The van der Waals surface area contributed by atoms with E-state index in [-0.39, 0.29) is 5.78 Å². The predicted octanol–water partition coefficient (Wildman–Crippen LogP) is 2.17. The fourth-order valence-electron chi connectivity index (χ4n) is 1.82. The smallest absolute Gasteiger partial charge is 0.303 e. The van der Waals surface area contributed by atoms with Crippen molar-refractivity contribution < 1.29 is 14.3 Å². The third kappa shape index (κ3) is 2.35. The Hall–Kier alpha value is -1.38. The van der Waals surface area contributed by atoms with Gasteiger partial charge in [-0.3, -0.25) is 9.59 Å². The lowest BCUT2D eigenvalue weighted by molar-refractivity contribution is -0.166. The second-order valence-corrected chi connectivity index (χ2v) is 4.03. The molecule has 0 spiro atoms. The highest BCUT2D eigenvalue weighted by atomic mass is 16.6. The van der Waals surface area contributed by atoms with E-state index in [9.17, 15) is 9.59 Å². The normalized spacial score (nSPS) is 26.3. The van der Waals surface area contributed by atoms with Gasteiger partial charge in [0.05, 0.1) is 0 Å². The third-order valence-electron chi connectivity index (χ3n) is 2.81. The average Bonchev–Trinajstić information content (AvgIpc) is 2.10. The summed E-state index contributed by atoms with van der Waals surface area (Å²) in [6, 6.07) is 0. The summed E-state index contributed by atoms with van der Waals surface area (Å²) in [4.78, 5) is 22.5. The molecule has 1 atom stereocenters. The van der Waals surface area contributed by atoms with E-state index in [2.05, 4.69) is 13.2 Å². The van der Waals surface area contributed by atoms with Crippen LogP contribution in [-0.4, -0.2) is 17.4 Å². The number of carbonyl (C=O) groups excluding carboxylic acids is 2. The maximum atomic E-state index is 11.6. The van der Waals surface area contributed by atoms with Gasteiger partial charge >= 0.3 is 5.97 Å². The Balaban J connectivity index is 2.93. The van der Waals surface area contributed by atoms with Gasteiger partial charge in [-0.15, -0.1) is 0 Å². The molecule has 15 heavy (non-hydrogen) atoms. The molecule has 0 N–H and O–H groups in total. The van der Waals surface area contributed by atoms with E-state index >= 15 is 0 Å². The monoisotopic (exact) mass is 208 g/mol. The highest BCUT2D eigenvalue weighted by molar-refractivity contribution is 5.88. The lowest BCUT2D eigenvalue weighted by Gasteiger charge is -2.35. The number of ketones is 1. The van der Waals surface area contributed by atoms with E-state index in [0.29, 0.717) is 19.3 Å². The first-order valence-corrected chi connectivity index (χ1v) is 4.94. The van der Waals surface area contributed by atoms with Gasteiger partial charge in [-0.1, -0.05) is 18.7 Å². The van der Waals surface area contributed by atoms with Crippen molar-refractivity contribution in [1.82, 2.24) is 0 Å². The van der Waals surface area contributed by atoms with Gasteiger partial charge in [0, 0.05) is 13.3 Å². The Labute approximate surface area is 89.8 Å². The molecule has 0 unspecified atom stereocenters. The summed E-state index contributed by atoms with van der Waals surface area (Å²) in [5.74, 6) is -0.545. The molecule has 0 heterocycles. The van der Waals surface area contributed by atoms with Crippen LogP contribution in [0.5, 0.6) is 0 Å². The number of ether oxygens (including phenoxy) is 1. The minimum atomic E-state index is -0.996. The van der Waals surface area contributed by atoms with Crippen molar-refractivity contribution >= 4 is 11.8 Å². The SMILES string of the molecule is C=C1CC[C@](OC(C)=O)(C(C)=O)CC1=C. The zero-order chi connectivity index (χ0) is 11.6. The summed E-state index contributed by atoms with van der Waals surface area (Å²) in [5, 5.41) is 0. The fraction of sp³-hybridized carbons (Fsp3) is 0.500. The van der Waals surface area contributed by atoms with E-state index in [1.807, 2.05) is 0 Å². The first-order valence-electron chi connectivity index (χ1n) is 4.94. The molecule has 1 aliphatic carbocycles. The number of hydrogen-bond acceptors (Lipinski definition) is 3. The maximum absolute atomic E-state index is 11.6. The third-order valence-corrected chi connectivity index (χ3v) is 2.81. The van der Waals surface area contributed by atoms with Crippen LogP contribution in [0.15, 0.2) is 24.3 Å². The maximum Gasteiger partial charge on any atom is 0.303 e. The zero-order valence-electron chi connectivity index (χ0n) is 9.26. The topological polar surface area (TPSA) is 43.4 Å². The van der Waals surface area contributed by atoms with Crippen LogP contribution in [0.4, 0.5) is 0 Å². The zero-order valence-corrected chi connectivity index (χ0v) is 9.26. The van der Waals surface area contributed by atoms with Crippen LogP contribution in [0.2, 0.25) is 0 Å². The molecule has 3 heteroatoms. The molecular formula is C12H16O3. The van der Waals surface area contributed by atoms with Gasteiger partial charge in [-0.2, -0.15) is 0 Å². The summed E-state index contributed by atoms with van der Waals surface area (Å²) < 4.78 is 5.17. The molecule has 0 amide bonds. The summed E-state index contributed by atoms with van der Waals surface area (Å²) in [6.45, 7) is 10.5. The number of allylic oxidation sites excluding steroid dienone is 1. The van der Waals surface area contributed by atoms with Crippen LogP contribution in [0, 0.1) is 0 Å². The Bertz CT molecular complexity index is 341. The lowest BCUT2D eigenvalue weighted by atomic mass is 9.77. The molecule has 1 rings (SSSR count). The van der Waals surface area contributed by atoms with E-state index < -0.39 is 11.6 Å². The van der Waals surface area contributed by atoms with Gasteiger partial charge in [0.2, 0.25) is 0 Å². The van der Waals surface area contributed by atoms with Crippen LogP contribution < -0.4 is 0 Å². The molecule has 1 saturated carbocycles. The highest BCUT2D eigenvalue weighted by Gasteiger charge is 2.42. The summed E-state index contributed by atoms with van der Waals surface area (Å²) in [5.41, 5.74) is 0.751. The number of esters is 1. The second-order valence-electron chi connectivity index (χ2n) is 4.03. The Morgan fingerprint density at radius 3 is 2.27 bits per heavy atom. The predicted molar refractivity (Wildman–Crippen MR) is 57.3 cm³/mol. The fourth-order valence-corrected chi connectivity index (χ4v) is 1.82. The number of Topliss-reactive ketones (excluding diaryl/α,β-unsaturated/α-hetero) is 1. The summed E-state index contributed by atoms with van der Waals surface area (Å²) in [7, 11) is 0. The largest absolute Gasteiger partial charge is 0.451 e. The lowest BCUT2D eigenvalue weighted by Crippen LogP contribution is -2.44. The second kappa shape index (κ2) is 4.01. The Morgan fingerprint density at radius 1 is 1.27 bits per heavy atom. The van der Waals surface area contributed by atoms with E-state index in [0.717, 1.165) is 11.1 Å². The van der Waals surface area contributed by atoms with Crippen molar-refractivity contribution in [3.05, 3.63) is 24.3 Å². The molecule has 0 radical (unpaired) electrons. The van der Waals surface area contributed by atoms with Crippen molar-refractivity contribution in [3.63, 3.8) is 0 Å². The molecule has 0 aliphatic heterocycles. The van der Waals surface area contributed by atoms with E-state index in [1.165, 1.54) is 13.8 Å². The van der Waals surface area contributed by atoms with Crippen molar-refractivity contribution in [2.24, 2.45) is 0 Å². The first kappa shape index (κ1) is 11.7. The van der Waals surface area contributed by atoms with Gasteiger partial charge < -0.3 is 4.74 Å². The van der Waals surface area contributed by atoms with Crippen molar-refractivity contribution in [1.29, 1.82) is 0 Å². The minimum Gasteiger partial charge on any atom is -0.451 e. The molecule has 0 bridgehead atoms. The molecule has 3 nitrogen and oxygen atoms in total. The quantitative estimate of drug-likeness (QED) is 0.653. The molecule has 82 valence electrons. The minimum absolute atomic E-state index is 0.119. The average molecular weight is 208 g/mol. The Morgan fingerprint density at radius 2 is 1.87 bits per heavy atom. The molecular weight excluding hydrogens is 192 g/mol. The summed E-state index contributed by atoms with van der Waals surface area (Å²) in [6.07, 6.45) is 1.55. The van der Waals surface area contributed by atoms with Crippen LogP contribution in [0.3, 0.4) is 0 Å². The van der Waals surface area contributed by atoms with Crippen LogP contribution in [0.25, 0.3) is 0 Å². The highest BCUT2D eigenvalue weighted by Crippen LogP contribution is 2.37. The van der Waals surface area contributed by atoms with Crippen molar-refractivity contribution in [2.75, 3.05) is 0 Å². The number of carbonyl (C=O) groups is 2. The van der Waals surface area contributed by atoms with Gasteiger partial charge in [0.15, 0.2) is 11.4 Å². The van der Waals surface area contributed by atoms with Gasteiger partial charge in [-0.25, -0.2) is 0 Å². The summed E-state index contributed by atoms with van der Waals surface area (Å²) >= 11 is 0. The molecule has 0 aromatic carbocycles. The molecule has 0 aromatic heterocycles. The van der Waals surface area contributed by atoms with E-state index in [4.69, 9.17) is 4.74 Å². The van der Waals surface area contributed by atoms with Crippen LogP contribution >= 0.6 is 0 Å². The van der Waals surface area contributed by atoms with Gasteiger partial charge in [-0.05, 0) is 25.3 Å². The van der Waals surface area contributed by atoms with Crippen LogP contribution in [-0.2, 0) is 14.3 Å². The molecule has 0 saturated heterocycles. The van der Waals surface area contributed by atoms with Crippen molar-refractivity contribution in [3.8, 4) is 0 Å². The molecule has 1 aliphatic rings. The Kier molecular flexibility index (Phi) is 3.12. The van der Waals surface area contributed by atoms with E-state index in [1.54, 1.807) is 0 Å². The standard InChI is InChI=1S/C12H16O3/c1-8-5-6-12(10(3)13,7-9(8)2)15-11(4)14/h1-2,5-7H2,3-4H3/t12-/m1/s1. The first-order chi connectivity index (χ1) is 6.87. The number of hydrogen-bond donors (Lipinski definition) is 0. The van der Waals surface area contributed by atoms with Gasteiger partial charge in [0.25, 0.3) is 0 Å².